The van der Waals surface area contributed by atoms with Crippen molar-refractivity contribution < 1.29 is 13.2 Å². The van der Waals surface area contributed by atoms with Gasteiger partial charge < -0.3 is 4.74 Å². The van der Waals surface area contributed by atoms with Crippen molar-refractivity contribution in [1.29, 1.82) is 0 Å². The number of rotatable bonds is 3. The van der Waals surface area contributed by atoms with Crippen LogP contribution in [0.15, 0.2) is 53.4 Å². The summed E-state index contributed by atoms with van der Waals surface area (Å²) in [5, 5.41) is 0. The molecule has 4 rings (SSSR count). The van der Waals surface area contributed by atoms with Gasteiger partial charge in [0, 0.05) is 44.2 Å². The molecular formula is C20H24N2O3S. The van der Waals surface area contributed by atoms with Crippen molar-refractivity contribution >= 4 is 10.0 Å². The van der Waals surface area contributed by atoms with Crippen molar-refractivity contribution in [3.63, 3.8) is 0 Å². The summed E-state index contributed by atoms with van der Waals surface area (Å²) in [6.45, 7) is 5.20. The number of hydrogen-bond acceptors (Lipinski definition) is 4. The van der Waals surface area contributed by atoms with Crippen LogP contribution in [0.3, 0.4) is 0 Å². The highest BCUT2D eigenvalue weighted by molar-refractivity contribution is 7.89. The molecule has 26 heavy (non-hydrogen) atoms. The first kappa shape index (κ1) is 17.5. The molecular weight excluding hydrogens is 348 g/mol. The van der Waals surface area contributed by atoms with Crippen molar-refractivity contribution in [3.8, 4) is 5.75 Å². The summed E-state index contributed by atoms with van der Waals surface area (Å²) in [6, 6.07) is 15.6. The van der Waals surface area contributed by atoms with Crippen LogP contribution in [0.5, 0.6) is 5.75 Å². The maximum atomic E-state index is 12.9. The summed E-state index contributed by atoms with van der Waals surface area (Å²) in [5.41, 5.74) is 2.28. The molecule has 0 N–H and O–H groups in total. The Hall–Kier alpha value is -1.89. The fourth-order valence-electron chi connectivity index (χ4n) is 3.82. The van der Waals surface area contributed by atoms with E-state index < -0.39 is 10.0 Å². The van der Waals surface area contributed by atoms with Gasteiger partial charge >= 0.3 is 0 Å². The van der Waals surface area contributed by atoms with Gasteiger partial charge in [0.25, 0.3) is 0 Å². The third-order valence-electron chi connectivity index (χ3n) is 5.30. The van der Waals surface area contributed by atoms with E-state index in [-0.39, 0.29) is 0 Å². The molecule has 0 amide bonds. The zero-order valence-electron chi connectivity index (χ0n) is 15.0. The SMILES string of the molecule is Cc1ccc(S(=O)(=O)N2CCN(C3CCOc4ccccc43)CC2)cc1. The van der Waals surface area contributed by atoms with E-state index in [2.05, 4.69) is 11.0 Å². The van der Waals surface area contributed by atoms with Crippen LogP contribution in [0, 0.1) is 6.92 Å². The first-order valence-electron chi connectivity index (χ1n) is 9.08. The topological polar surface area (TPSA) is 49.9 Å². The monoisotopic (exact) mass is 372 g/mol. The Bertz CT molecular complexity index is 872. The van der Waals surface area contributed by atoms with Crippen molar-refractivity contribution in [1.82, 2.24) is 9.21 Å². The van der Waals surface area contributed by atoms with Crippen molar-refractivity contribution in [2.75, 3.05) is 32.8 Å². The van der Waals surface area contributed by atoms with Gasteiger partial charge in [-0.25, -0.2) is 8.42 Å². The van der Waals surface area contributed by atoms with Crippen molar-refractivity contribution in [3.05, 3.63) is 59.7 Å². The predicted octanol–water partition coefficient (Wildman–Crippen LogP) is 2.83. The van der Waals surface area contributed by atoms with Gasteiger partial charge in [-0.3, -0.25) is 4.90 Å². The third kappa shape index (κ3) is 3.24. The van der Waals surface area contributed by atoms with Crippen LogP contribution in [-0.4, -0.2) is 50.4 Å². The molecule has 5 nitrogen and oxygen atoms in total. The highest BCUT2D eigenvalue weighted by Crippen LogP contribution is 2.36. The molecule has 1 atom stereocenters. The molecule has 2 heterocycles. The number of aryl methyl sites for hydroxylation is 1. The molecule has 0 radical (unpaired) electrons. The van der Waals surface area contributed by atoms with Crippen LogP contribution in [0.1, 0.15) is 23.6 Å². The van der Waals surface area contributed by atoms with E-state index in [9.17, 15) is 8.42 Å². The lowest BCUT2D eigenvalue weighted by Gasteiger charge is -2.40. The van der Waals surface area contributed by atoms with Crippen LogP contribution in [-0.2, 0) is 10.0 Å². The fourth-order valence-corrected chi connectivity index (χ4v) is 5.24. The number of piperazine rings is 1. The average molecular weight is 372 g/mol. The van der Waals surface area contributed by atoms with E-state index in [0.717, 1.165) is 30.8 Å². The number of hydrogen-bond donors (Lipinski definition) is 0. The smallest absolute Gasteiger partial charge is 0.243 e. The van der Waals surface area contributed by atoms with Gasteiger partial charge in [-0.1, -0.05) is 35.9 Å². The molecule has 0 bridgehead atoms. The normalized spacial score (nSPS) is 21.8. The molecule has 0 saturated carbocycles. The zero-order valence-corrected chi connectivity index (χ0v) is 15.8. The summed E-state index contributed by atoms with van der Waals surface area (Å²) in [5.74, 6) is 0.957. The van der Waals surface area contributed by atoms with Gasteiger partial charge in [0.2, 0.25) is 10.0 Å². The molecule has 1 unspecified atom stereocenters. The molecule has 6 heteroatoms. The second kappa shape index (κ2) is 7.02. The molecule has 0 aliphatic carbocycles. The van der Waals surface area contributed by atoms with E-state index >= 15 is 0 Å². The molecule has 0 spiro atoms. The van der Waals surface area contributed by atoms with Gasteiger partial charge in [0.05, 0.1) is 11.5 Å². The van der Waals surface area contributed by atoms with Gasteiger partial charge in [-0.05, 0) is 25.1 Å². The number of ether oxygens (including phenoxy) is 1. The van der Waals surface area contributed by atoms with Crippen molar-refractivity contribution in [2.24, 2.45) is 0 Å². The van der Waals surface area contributed by atoms with Gasteiger partial charge in [0.1, 0.15) is 5.75 Å². The maximum absolute atomic E-state index is 12.9. The molecule has 2 aliphatic heterocycles. The maximum Gasteiger partial charge on any atom is 0.243 e. The predicted molar refractivity (Wildman–Crippen MR) is 101 cm³/mol. The van der Waals surface area contributed by atoms with E-state index in [1.165, 1.54) is 5.56 Å². The standard InChI is InChI=1S/C20H24N2O3S/c1-16-6-8-17(9-7-16)26(23,24)22-13-11-21(12-14-22)19-10-15-25-20-5-3-2-4-18(19)20/h2-9,19H,10-15H2,1H3. The molecule has 2 aromatic carbocycles. The van der Waals surface area contributed by atoms with Crippen molar-refractivity contribution in [2.45, 2.75) is 24.3 Å². The first-order valence-corrected chi connectivity index (χ1v) is 10.5. The highest BCUT2D eigenvalue weighted by Gasteiger charge is 2.33. The van der Waals surface area contributed by atoms with E-state index in [0.29, 0.717) is 30.6 Å². The Morgan fingerprint density at radius 2 is 1.65 bits per heavy atom. The summed E-state index contributed by atoms with van der Waals surface area (Å²) in [6.07, 6.45) is 0.946. The van der Waals surface area contributed by atoms with E-state index in [1.54, 1.807) is 16.4 Å². The quantitative estimate of drug-likeness (QED) is 0.831. The van der Waals surface area contributed by atoms with E-state index in [4.69, 9.17) is 4.74 Å². The van der Waals surface area contributed by atoms with Crippen LogP contribution in [0.4, 0.5) is 0 Å². The second-order valence-electron chi connectivity index (χ2n) is 6.94. The number of nitrogens with zero attached hydrogens (tertiary/aromatic N) is 2. The Kier molecular flexibility index (Phi) is 4.73. The van der Waals surface area contributed by atoms with Crippen LogP contribution in [0.2, 0.25) is 0 Å². The largest absolute Gasteiger partial charge is 0.493 e. The number of para-hydroxylation sites is 1. The number of fused-ring (bicyclic) bond motifs is 1. The Morgan fingerprint density at radius 1 is 0.962 bits per heavy atom. The first-order chi connectivity index (χ1) is 12.6. The van der Waals surface area contributed by atoms with Gasteiger partial charge in [-0.15, -0.1) is 0 Å². The zero-order chi connectivity index (χ0) is 18.1. The lowest BCUT2D eigenvalue weighted by molar-refractivity contribution is 0.103. The number of benzene rings is 2. The lowest BCUT2D eigenvalue weighted by Crippen LogP contribution is -2.50. The van der Waals surface area contributed by atoms with Gasteiger partial charge in [0.15, 0.2) is 0 Å². The fraction of sp³-hybridized carbons (Fsp3) is 0.400. The minimum Gasteiger partial charge on any atom is -0.493 e. The van der Waals surface area contributed by atoms with Crippen LogP contribution < -0.4 is 4.74 Å². The number of sulfonamides is 1. The second-order valence-corrected chi connectivity index (χ2v) is 8.88. The minimum atomic E-state index is -3.41. The molecule has 0 aromatic heterocycles. The van der Waals surface area contributed by atoms with Gasteiger partial charge in [-0.2, -0.15) is 4.31 Å². The lowest BCUT2D eigenvalue weighted by atomic mass is 9.98. The average Bonchev–Trinajstić information content (AvgIpc) is 2.68. The Balaban J connectivity index is 1.47. The third-order valence-corrected chi connectivity index (χ3v) is 7.21. The Morgan fingerprint density at radius 3 is 2.38 bits per heavy atom. The summed E-state index contributed by atoms with van der Waals surface area (Å²) in [4.78, 5) is 2.77. The van der Waals surface area contributed by atoms with Crippen LogP contribution >= 0.6 is 0 Å². The summed E-state index contributed by atoms with van der Waals surface area (Å²) < 4.78 is 33.1. The molecule has 1 fully saturated rings. The molecule has 2 aliphatic rings. The van der Waals surface area contributed by atoms with Crippen LogP contribution in [0.25, 0.3) is 0 Å². The minimum absolute atomic E-state index is 0.309. The molecule has 2 aromatic rings. The Labute approximate surface area is 155 Å². The summed E-state index contributed by atoms with van der Waals surface area (Å²) in [7, 11) is -3.41. The molecule has 1 saturated heterocycles. The molecule has 138 valence electrons. The highest BCUT2D eigenvalue weighted by atomic mass is 32.2. The van der Waals surface area contributed by atoms with E-state index in [1.807, 2.05) is 37.3 Å². The summed E-state index contributed by atoms with van der Waals surface area (Å²) >= 11 is 0.